The highest BCUT2D eigenvalue weighted by Crippen LogP contribution is 2.16. The molecule has 0 atom stereocenters. The van der Waals surface area contributed by atoms with E-state index < -0.39 is 0 Å². The molecule has 0 saturated carbocycles. The molecule has 0 saturated heterocycles. The molecule has 0 radical (unpaired) electrons. The molecule has 1 aromatic carbocycles. The molecule has 4 heteroatoms. The standard InChI is InChI=1S/C11H15N3O/c1-8-6-10-11(7-9(8)2)14(13-12-10)4-5-15-3/h6-7H,4-5H2,1-3H3. The highest BCUT2D eigenvalue weighted by atomic mass is 16.5. The van der Waals surface area contributed by atoms with Crippen LogP contribution in [-0.2, 0) is 11.3 Å². The van der Waals surface area contributed by atoms with Crippen LogP contribution in [0.4, 0.5) is 0 Å². The summed E-state index contributed by atoms with van der Waals surface area (Å²) in [5.41, 5.74) is 4.55. The maximum absolute atomic E-state index is 5.03. The van der Waals surface area contributed by atoms with Crippen LogP contribution in [0.5, 0.6) is 0 Å². The maximum Gasteiger partial charge on any atom is 0.113 e. The summed E-state index contributed by atoms with van der Waals surface area (Å²) in [6.07, 6.45) is 0. The number of fused-ring (bicyclic) bond motifs is 1. The van der Waals surface area contributed by atoms with Crippen molar-refractivity contribution in [2.75, 3.05) is 13.7 Å². The van der Waals surface area contributed by atoms with E-state index in [0.29, 0.717) is 6.61 Å². The van der Waals surface area contributed by atoms with Crippen molar-refractivity contribution >= 4 is 11.0 Å². The Balaban J connectivity index is 2.45. The van der Waals surface area contributed by atoms with Gasteiger partial charge in [0, 0.05) is 7.11 Å². The molecule has 0 fully saturated rings. The van der Waals surface area contributed by atoms with Gasteiger partial charge in [0.2, 0.25) is 0 Å². The molecule has 1 aromatic heterocycles. The van der Waals surface area contributed by atoms with Crippen LogP contribution in [0, 0.1) is 13.8 Å². The fraction of sp³-hybridized carbons (Fsp3) is 0.455. The lowest BCUT2D eigenvalue weighted by atomic mass is 10.1. The van der Waals surface area contributed by atoms with Crippen LogP contribution in [0.2, 0.25) is 0 Å². The van der Waals surface area contributed by atoms with Crippen LogP contribution in [-0.4, -0.2) is 28.7 Å². The first-order valence-electron chi connectivity index (χ1n) is 5.02. The number of ether oxygens (including phenoxy) is 1. The molecule has 1 heterocycles. The zero-order chi connectivity index (χ0) is 10.8. The van der Waals surface area contributed by atoms with E-state index >= 15 is 0 Å². The molecule has 2 rings (SSSR count). The van der Waals surface area contributed by atoms with Crippen molar-refractivity contribution in [2.24, 2.45) is 0 Å². The minimum atomic E-state index is 0.658. The molecule has 4 nitrogen and oxygen atoms in total. The fourth-order valence-corrected chi connectivity index (χ4v) is 1.57. The van der Waals surface area contributed by atoms with Gasteiger partial charge in [0.15, 0.2) is 0 Å². The SMILES string of the molecule is COCCn1nnc2cc(C)c(C)cc21. The van der Waals surface area contributed by atoms with Gasteiger partial charge in [-0.1, -0.05) is 5.21 Å². The molecule has 0 bridgehead atoms. The number of aromatic nitrogens is 3. The Morgan fingerprint density at radius 1 is 1.27 bits per heavy atom. The van der Waals surface area contributed by atoms with E-state index in [1.807, 2.05) is 4.68 Å². The molecule has 0 aliphatic heterocycles. The topological polar surface area (TPSA) is 39.9 Å². The number of methoxy groups -OCH3 is 1. The largest absolute Gasteiger partial charge is 0.383 e. The van der Waals surface area contributed by atoms with E-state index in [0.717, 1.165) is 17.6 Å². The van der Waals surface area contributed by atoms with Gasteiger partial charge in [-0.15, -0.1) is 5.10 Å². The Kier molecular flexibility index (Phi) is 2.68. The lowest BCUT2D eigenvalue weighted by molar-refractivity contribution is 0.184. The van der Waals surface area contributed by atoms with Crippen molar-refractivity contribution in [3.63, 3.8) is 0 Å². The van der Waals surface area contributed by atoms with E-state index in [1.54, 1.807) is 7.11 Å². The third-order valence-corrected chi connectivity index (χ3v) is 2.64. The predicted molar refractivity (Wildman–Crippen MR) is 58.9 cm³/mol. The first kappa shape index (κ1) is 10.1. The maximum atomic E-state index is 5.03. The lowest BCUT2D eigenvalue weighted by Gasteiger charge is -2.03. The average Bonchev–Trinajstić information content (AvgIpc) is 2.59. The normalized spacial score (nSPS) is 11.1. The van der Waals surface area contributed by atoms with Crippen LogP contribution >= 0.6 is 0 Å². The molecule has 0 aliphatic carbocycles. The van der Waals surface area contributed by atoms with Gasteiger partial charge in [-0.2, -0.15) is 0 Å². The molecule has 0 N–H and O–H groups in total. The summed E-state index contributed by atoms with van der Waals surface area (Å²) in [5.74, 6) is 0. The third kappa shape index (κ3) is 1.85. The second kappa shape index (κ2) is 3.98. The van der Waals surface area contributed by atoms with Gasteiger partial charge in [0.05, 0.1) is 18.7 Å². The van der Waals surface area contributed by atoms with Crippen molar-refractivity contribution in [3.8, 4) is 0 Å². The molecular weight excluding hydrogens is 190 g/mol. The monoisotopic (exact) mass is 205 g/mol. The Hall–Kier alpha value is -1.42. The highest BCUT2D eigenvalue weighted by Gasteiger charge is 2.05. The zero-order valence-electron chi connectivity index (χ0n) is 9.32. The Morgan fingerprint density at radius 2 is 2.00 bits per heavy atom. The number of aryl methyl sites for hydroxylation is 2. The van der Waals surface area contributed by atoms with E-state index in [-0.39, 0.29) is 0 Å². The van der Waals surface area contributed by atoms with Gasteiger partial charge in [-0.25, -0.2) is 4.68 Å². The molecule has 0 unspecified atom stereocenters. The third-order valence-electron chi connectivity index (χ3n) is 2.64. The number of nitrogens with zero attached hydrogens (tertiary/aromatic N) is 3. The highest BCUT2D eigenvalue weighted by molar-refractivity contribution is 5.76. The second-order valence-corrected chi connectivity index (χ2v) is 3.73. The number of benzene rings is 1. The predicted octanol–water partition coefficient (Wildman–Crippen LogP) is 1.69. The quantitative estimate of drug-likeness (QED) is 0.765. The Bertz CT molecular complexity index is 476. The van der Waals surface area contributed by atoms with Crippen molar-refractivity contribution in [1.29, 1.82) is 0 Å². The van der Waals surface area contributed by atoms with Crippen molar-refractivity contribution in [2.45, 2.75) is 20.4 Å². The summed E-state index contributed by atoms with van der Waals surface area (Å²) < 4.78 is 6.91. The summed E-state index contributed by atoms with van der Waals surface area (Å²) in [5, 5.41) is 8.23. The van der Waals surface area contributed by atoms with Gasteiger partial charge in [0.1, 0.15) is 5.52 Å². The Labute approximate surface area is 88.8 Å². The molecular formula is C11H15N3O. The lowest BCUT2D eigenvalue weighted by Crippen LogP contribution is -2.05. The first-order valence-corrected chi connectivity index (χ1v) is 5.02. The van der Waals surface area contributed by atoms with Crippen LogP contribution in [0.25, 0.3) is 11.0 Å². The molecule has 80 valence electrons. The van der Waals surface area contributed by atoms with Gasteiger partial charge >= 0.3 is 0 Å². The van der Waals surface area contributed by atoms with Crippen molar-refractivity contribution in [3.05, 3.63) is 23.3 Å². The van der Waals surface area contributed by atoms with Crippen LogP contribution in [0.3, 0.4) is 0 Å². The van der Waals surface area contributed by atoms with Crippen LogP contribution in [0.15, 0.2) is 12.1 Å². The van der Waals surface area contributed by atoms with E-state index in [1.165, 1.54) is 11.1 Å². The van der Waals surface area contributed by atoms with Gasteiger partial charge in [0.25, 0.3) is 0 Å². The van der Waals surface area contributed by atoms with Gasteiger partial charge in [-0.05, 0) is 37.1 Å². The minimum absolute atomic E-state index is 0.658. The summed E-state index contributed by atoms with van der Waals surface area (Å²) in [4.78, 5) is 0. The summed E-state index contributed by atoms with van der Waals surface area (Å²) in [7, 11) is 1.69. The molecule has 0 spiro atoms. The minimum Gasteiger partial charge on any atom is -0.383 e. The molecule has 0 aliphatic rings. The Morgan fingerprint density at radius 3 is 2.73 bits per heavy atom. The number of hydrogen-bond donors (Lipinski definition) is 0. The van der Waals surface area contributed by atoms with Crippen molar-refractivity contribution < 1.29 is 4.74 Å². The van der Waals surface area contributed by atoms with Crippen molar-refractivity contribution in [1.82, 2.24) is 15.0 Å². The molecule has 0 amide bonds. The van der Waals surface area contributed by atoms with E-state index in [2.05, 4.69) is 36.3 Å². The smallest absolute Gasteiger partial charge is 0.113 e. The number of hydrogen-bond acceptors (Lipinski definition) is 3. The van der Waals surface area contributed by atoms with Gasteiger partial charge < -0.3 is 4.74 Å². The molecule has 15 heavy (non-hydrogen) atoms. The number of rotatable bonds is 3. The summed E-state index contributed by atoms with van der Waals surface area (Å²) >= 11 is 0. The second-order valence-electron chi connectivity index (χ2n) is 3.73. The average molecular weight is 205 g/mol. The van der Waals surface area contributed by atoms with Crippen LogP contribution in [0.1, 0.15) is 11.1 Å². The van der Waals surface area contributed by atoms with E-state index in [9.17, 15) is 0 Å². The van der Waals surface area contributed by atoms with Crippen LogP contribution < -0.4 is 0 Å². The molecule has 2 aromatic rings. The zero-order valence-corrected chi connectivity index (χ0v) is 9.32. The summed E-state index contributed by atoms with van der Waals surface area (Å²) in [6, 6.07) is 4.20. The van der Waals surface area contributed by atoms with Gasteiger partial charge in [-0.3, -0.25) is 0 Å². The first-order chi connectivity index (χ1) is 7.22. The van der Waals surface area contributed by atoms with E-state index in [4.69, 9.17) is 4.74 Å². The summed E-state index contributed by atoms with van der Waals surface area (Å²) in [6.45, 7) is 5.59. The fourth-order valence-electron chi connectivity index (χ4n) is 1.57.